The second kappa shape index (κ2) is 5.39. The van der Waals surface area contributed by atoms with Gasteiger partial charge < -0.3 is 15.0 Å². The molecule has 22 heavy (non-hydrogen) atoms. The van der Waals surface area contributed by atoms with Crippen LogP contribution < -0.4 is 0 Å². The van der Waals surface area contributed by atoms with Crippen molar-refractivity contribution < 1.29 is 5.11 Å². The van der Waals surface area contributed by atoms with Crippen molar-refractivity contribution in [3.05, 3.63) is 35.5 Å². The molecule has 0 amide bonds. The van der Waals surface area contributed by atoms with Crippen molar-refractivity contribution in [2.75, 3.05) is 20.2 Å². The standard InChI is InChI=1S/C19H26N2O/c1-3-12(11-22)14-7-16-15-5-4-6-17-19(15)13(9-20-17)8-18(16)21(2)10-14/h4-6,9,12,14,16,18,20,22H,3,7-8,10-11H2,1-2H3/t12?,14?,16-,18-/m1/s1. The van der Waals surface area contributed by atoms with Gasteiger partial charge in [-0.15, -0.1) is 0 Å². The van der Waals surface area contributed by atoms with Crippen molar-refractivity contribution in [2.24, 2.45) is 11.8 Å². The number of aliphatic hydroxyl groups excluding tert-OH is 1. The number of hydrogen-bond acceptors (Lipinski definition) is 2. The first-order valence-electron chi connectivity index (χ1n) is 8.62. The average Bonchev–Trinajstić information content (AvgIpc) is 2.94. The van der Waals surface area contributed by atoms with Gasteiger partial charge in [-0.2, -0.15) is 0 Å². The van der Waals surface area contributed by atoms with Crippen molar-refractivity contribution in [3.8, 4) is 0 Å². The average molecular weight is 298 g/mol. The van der Waals surface area contributed by atoms with Crippen molar-refractivity contribution in [3.63, 3.8) is 0 Å². The van der Waals surface area contributed by atoms with Crippen LogP contribution in [0.15, 0.2) is 24.4 Å². The van der Waals surface area contributed by atoms with E-state index in [2.05, 4.69) is 48.3 Å². The minimum atomic E-state index is 0.325. The third-order valence-corrected chi connectivity index (χ3v) is 6.18. The first kappa shape index (κ1) is 14.3. The number of aromatic amines is 1. The molecule has 1 saturated heterocycles. The van der Waals surface area contributed by atoms with Crippen LogP contribution in [0, 0.1) is 11.8 Å². The van der Waals surface area contributed by atoms with Crippen molar-refractivity contribution >= 4 is 10.9 Å². The van der Waals surface area contributed by atoms with Gasteiger partial charge in [-0.05, 0) is 48.9 Å². The van der Waals surface area contributed by atoms with Gasteiger partial charge in [0.2, 0.25) is 0 Å². The summed E-state index contributed by atoms with van der Waals surface area (Å²) in [5.41, 5.74) is 4.28. The van der Waals surface area contributed by atoms with E-state index in [4.69, 9.17) is 0 Å². The quantitative estimate of drug-likeness (QED) is 0.914. The summed E-state index contributed by atoms with van der Waals surface area (Å²) in [6.07, 6.45) is 5.65. The van der Waals surface area contributed by atoms with Crippen molar-refractivity contribution in [1.82, 2.24) is 9.88 Å². The van der Waals surface area contributed by atoms with E-state index in [1.807, 2.05) is 0 Å². The molecule has 0 radical (unpaired) electrons. The molecule has 2 heterocycles. The molecule has 2 aliphatic rings. The Hall–Kier alpha value is -1.32. The molecule has 2 aromatic rings. The summed E-state index contributed by atoms with van der Waals surface area (Å²) in [5, 5.41) is 11.2. The molecule has 1 aromatic heterocycles. The van der Waals surface area contributed by atoms with Crippen LogP contribution in [0.2, 0.25) is 0 Å². The Kier molecular flexibility index (Phi) is 3.50. The summed E-state index contributed by atoms with van der Waals surface area (Å²) >= 11 is 0. The van der Waals surface area contributed by atoms with E-state index in [0.717, 1.165) is 19.4 Å². The predicted molar refractivity (Wildman–Crippen MR) is 90.1 cm³/mol. The van der Waals surface area contributed by atoms with Gasteiger partial charge in [0.15, 0.2) is 0 Å². The number of aliphatic hydroxyl groups is 1. The molecule has 118 valence electrons. The molecule has 0 saturated carbocycles. The number of likely N-dealkylation sites (N-methyl/N-ethyl adjacent to an activating group) is 1. The third kappa shape index (κ3) is 2.03. The first-order chi connectivity index (χ1) is 10.7. The van der Waals surface area contributed by atoms with Gasteiger partial charge >= 0.3 is 0 Å². The van der Waals surface area contributed by atoms with E-state index >= 15 is 0 Å². The third-order valence-electron chi connectivity index (χ3n) is 6.18. The Morgan fingerprint density at radius 1 is 1.41 bits per heavy atom. The second-order valence-electron chi connectivity index (χ2n) is 7.25. The van der Waals surface area contributed by atoms with E-state index in [1.165, 1.54) is 28.5 Å². The molecule has 0 spiro atoms. The van der Waals surface area contributed by atoms with Crippen LogP contribution in [-0.4, -0.2) is 41.2 Å². The summed E-state index contributed by atoms with van der Waals surface area (Å²) in [6.45, 7) is 3.65. The summed E-state index contributed by atoms with van der Waals surface area (Å²) in [7, 11) is 2.27. The molecular formula is C19H26N2O. The van der Waals surface area contributed by atoms with Gasteiger partial charge in [-0.25, -0.2) is 0 Å². The first-order valence-corrected chi connectivity index (χ1v) is 8.62. The zero-order valence-corrected chi connectivity index (χ0v) is 13.5. The van der Waals surface area contributed by atoms with Crippen LogP contribution in [0.4, 0.5) is 0 Å². The minimum absolute atomic E-state index is 0.325. The minimum Gasteiger partial charge on any atom is -0.396 e. The molecular weight excluding hydrogens is 272 g/mol. The van der Waals surface area contributed by atoms with Gasteiger partial charge in [0, 0.05) is 42.2 Å². The van der Waals surface area contributed by atoms with Crippen molar-refractivity contribution in [1.29, 1.82) is 0 Å². The maximum atomic E-state index is 9.71. The normalized spacial score (nSPS) is 29.5. The zero-order chi connectivity index (χ0) is 15.3. The van der Waals surface area contributed by atoms with Crippen LogP contribution in [0.3, 0.4) is 0 Å². The van der Waals surface area contributed by atoms with Gasteiger partial charge in [0.25, 0.3) is 0 Å². The lowest BCUT2D eigenvalue weighted by Gasteiger charge is -2.47. The summed E-state index contributed by atoms with van der Waals surface area (Å²) in [4.78, 5) is 5.99. The number of rotatable bonds is 3. The highest BCUT2D eigenvalue weighted by molar-refractivity contribution is 5.88. The fourth-order valence-corrected chi connectivity index (χ4v) is 4.94. The number of nitrogens with one attached hydrogen (secondary N) is 1. The fraction of sp³-hybridized carbons (Fsp3) is 0.579. The molecule has 1 aliphatic carbocycles. The summed E-state index contributed by atoms with van der Waals surface area (Å²) < 4.78 is 0. The summed E-state index contributed by atoms with van der Waals surface area (Å²) in [6, 6.07) is 7.32. The van der Waals surface area contributed by atoms with E-state index in [1.54, 1.807) is 0 Å². The number of likely N-dealkylation sites (tertiary alicyclic amines) is 1. The van der Waals surface area contributed by atoms with E-state index in [0.29, 0.717) is 30.4 Å². The number of piperidine rings is 1. The lowest BCUT2D eigenvalue weighted by Crippen LogP contribution is -2.49. The number of benzene rings is 1. The Bertz CT molecular complexity index is 673. The molecule has 4 atom stereocenters. The van der Waals surface area contributed by atoms with Crippen LogP contribution in [0.25, 0.3) is 10.9 Å². The molecule has 0 bridgehead atoms. The highest BCUT2D eigenvalue weighted by Crippen LogP contribution is 2.45. The number of fused-ring (bicyclic) bond motifs is 2. The molecule has 2 N–H and O–H groups in total. The van der Waals surface area contributed by atoms with Crippen LogP contribution in [0.5, 0.6) is 0 Å². The molecule has 1 fully saturated rings. The number of H-pyrrole nitrogens is 1. The monoisotopic (exact) mass is 298 g/mol. The predicted octanol–water partition coefficient (Wildman–Crippen LogP) is 3.15. The van der Waals surface area contributed by atoms with Gasteiger partial charge in [-0.1, -0.05) is 25.5 Å². The summed E-state index contributed by atoms with van der Waals surface area (Å²) in [5.74, 6) is 1.66. The zero-order valence-electron chi connectivity index (χ0n) is 13.5. The van der Waals surface area contributed by atoms with E-state index < -0.39 is 0 Å². The maximum Gasteiger partial charge on any atom is 0.0462 e. The molecule has 1 aromatic carbocycles. The number of aromatic nitrogens is 1. The Labute approximate surface area is 132 Å². The lowest BCUT2D eigenvalue weighted by atomic mass is 9.69. The van der Waals surface area contributed by atoms with Crippen molar-refractivity contribution in [2.45, 2.75) is 38.1 Å². The van der Waals surface area contributed by atoms with Crippen LogP contribution in [-0.2, 0) is 6.42 Å². The Morgan fingerprint density at radius 3 is 3.05 bits per heavy atom. The Balaban J connectivity index is 1.75. The maximum absolute atomic E-state index is 9.71. The van der Waals surface area contributed by atoms with E-state index in [-0.39, 0.29) is 0 Å². The Morgan fingerprint density at radius 2 is 2.27 bits per heavy atom. The topological polar surface area (TPSA) is 39.3 Å². The highest BCUT2D eigenvalue weighted by Gasteiger charge is 2.40. The molecule has 3 heteroatoms. The SMILES string of the molecule is CCC(CO)C1C[C@@H]2c3cccc4[nH]cc(c34)C[C@H]2N(C)C1. The smallest absolute Gasteiger partial charge is 0.0462 e. The number of nitrogens with zero attached hydrogens (tertiary/aromatic N) is 1. The van der Waals surface area contributed by atoms with Crippen LogP contribution in [0.1, 0.15) is 36.8 Å². The molecule has 2 unspecified atom stereocenters. The van der Waals surface area contributed by atoms with E-state index in [9.17, 15) is 5.11 Å². The number of hydrogen-bond donors (Lipinski definition) is 2. The van der Waals surface area contributed by atoms with Gasteiger partial charge in [-0.3, -0.25) is 0 Å². The molecule has 3 nitrogen and oxygen atoms in total. The fourth-order valence-electron chi connectivity index (χ4n) is 4.94. The van der Waals surface area contributed by atoms with Gasteiger partial charge in [0.1, 0.15) is 0 Å². The lowest BCUT2D eigenvalue weighted by molar-refractivity contribution is 0.0582. The van der Waals surface area contributed by atoms with Crippen LogP contribution >= 0.6 is 0 Å². The largest absolute Gasteiger partial charge is 0.396 e. The molecule has 4 rings (SSSR count). The highest BCUT2D eigenvalue weighted by atomic mass is 16.3. The van der Waals surface area contributed by atoms with Gasteiger partial charge in [0.05, 0.1) is 0 Å². The molecule has 1 aliphatic heterocycles. The second-order valence-corrected chi connectivity index (χ2v) is 7.25.